The Morgan fingerprint density at radius 1 is 1.05 bits per heavy atom. The molecule has 1 saturated heterocycles. The Bertz CT molecular complexity index is 1570. The number of rotatable bonds is 7. The number of hydrogen-bond donors (Lipinski definition) is 1. The van der Waals surface area contributed by atoms with Gasteiger partial charge in [0.1, 0.15) is 23.4 Å². The molecule has 8 heteroatoms. The molecule has 1 N–H and O–H groups in total. The maximum Gasteiger partial charge on any atom is 0.307 e. The third-order valence-corrected chi connectivity index (χ3v) is 10.1. The quantitative estimate of drug-likeness (QED) is 0.398. The number of aliphatic carboxylic acids is 1. The second kappa shape index (κ2) is 10.5. The topological polar surface area (TPSA) is 89.9 Å². The van der Waals surface area contributed by atoms with Crippen LogP contribution in [0.3, 0.4) is 0 Å². The van der Waals surface area contributed by atoms with Crippen molar-refractivity contribution < 1.29 is 32.2 Å². The number of hydrogen-bond acceptors (Lipinski definition) is 5. The Balaban J connectivity index is 1.19. The summed E-state index contributed by atoms with van der Waals surface area (Å²) in [4.78, 5) is 11.2. The average molecular weight is 565 g/mol. The Labute approximate surface area is 234 Å². The molecule has 6 nitrogen and oxygen atoms in total. The van der Waals surface area contributed by atoms with Gasteiger partial charge in [-0.3, -0.25) is 4.79 Å². The van der Waals surface area contributed by atoms with E-state index in [1.807, 2.05) is 18.2 Å². The molecule has 2 atom stereocenters. The van der Waals surface area contributed by atoms with Crippen LogP contribution in [0.5, 0.6) is 11.5 Å². The van der Waals surface area contributed by atoms with Crippen LogP contribution in [-0.2, 0) is 33.9 Å². The smallest absolute Gasteiger partial charge is 0.307 e. The summed E-state index contributed by atoms with van der Waals surface area (Å²) >= 11 is 0. The number of carboxylic acids is 1. The Hall–Kier alpha value is -3.39. The lowest BCUT2D eigenvalue weighted by Gasteiger charge is -2.24. The van der Waals surface area contributed by atoms with Crippen LogP contribution in [-0.4, -0.2) is 43.7 Å². The van der Waals surface area contributed by atoms with Gasteiger partial charge in [0.05, 0.1) is 24.0 Å². The lowest BCUT2D eigenvalue weighted by molar-refractivity contribution is -0.138. The van der Waals surface area contributed by atoms with Crippen LogP contribution in [0, 0.1) is 18.7 Å². The number of carbonyl (C=O) groups is 1. The van der Waals surface area contributed by atoms with Crippen molar-refractivity contribution in [1.82, 2.24) is 0 Å². The molecule has 2 aliphatic heterocycles. The van der Waals surface area contributed by atoms with Gasteiger partial charge in [-0.05, 0) is 103 Å². The minimum Gasteiger partial charge on any atom is -0.493 e. The molecule has 1 saturated carbocycles. The summed E-state index contributed by atoms with van der Waals surface area (Å²) in [5.41, 5.74) is 6.91. The molecule has 3 aliphatic rings. The van der Waals surface area contributed by atoms with Crippen molar-refractivity contribution in [2.24, 2.45) is 5.92 Å². The molecule has 2 fully saturated rings. The van der Waals surface area contributed by atoms with Gasteiger partial charge in [-0.2, -0.15) is 0 Å². The molecule has 0 spiro atoms. The molecule has 0 amide bonds. The number of sulfone groups is 1. The second-order valence-corrected chi connectivity index (χ2v) is 13.6. The molecular weight excluding hydrogens is 531 g/mol. The molecule has 0 unspecified atom stereocenters. The van der Waals surface area contributed by atoms with Gasteiger partial charge >= 0.3 is 5.97 Å². The van der Waals surface area contributed by atoms with Crippen LogP contribution in [0.4, 0.5) is 4.39 Å². The van der Waals surface area contributed by atoms with Gasteiger partial charge in [-0.25, -0.2) is 12.8 Å². The fraction of sp³-hybridized carbons (Fsp3) is 0.406. The van der Waals surface area contributed by atoms with Gasteiger partial charge in [0, 0.05) is 17.9 Å². The number of carboxylic acid groups (broad SMARTS) is 1. The number of fused-ring (bicyclic) bond motifs is 3. The molecule has 6 rings (SSSR count). The van der Waals surface area contributed by atoms with E-state index in [1.165, 1.54) is 0 Å². The molecule has 0 radical (unpaired) electrons. The maximum atomic E-state index is 14.8. The highest BCUT2D eigenvalue weighted by molar-refractivity contribution is 7.91. The van der Waals surface area contributed by atoms with Crippen molar-refractivity contribution in [3.8, 4) is 22.6 Å². The van der Waals surface area contributed by atoms with E-state index in [0.29, 0.717) is 37.9 Å². The molecule has 1 aliphatic carbocycles. The Kier molecular flexibility index (Phi) is 7.07. The van der Waals surface area contributed by atoms with E-state index in [2.05, 4.69) is 25.1 Å². The van der Waals surface area contributed by atoms with Crippen LogP contribution in [0.1, 0.15) is 53.0 Å². The first-order valence-corrected chi connectivity index (χ1v) is 15.8. The van der Waals surface area contributed by atoms with Gasteiger partial charge < -0.3 is 14.6 Å². The van der Waals surface area contributed by atoms with Gasteiger partial charge in [-0.15, -0.1) is 0 Å². The Morgan fingerprint density at radius 3 is 2.48 bits per heavy atom. The number of ether oxygens (including phenoxy) is 2. The summed E-state index contributed by atoms with van der Waals surface area (Å²) in [6, 6.07) is 15.5. The lowest BCUT2D eigenvalue weighted by atomic mass is 9.91. The first-order valence-electron chi connectivity index (χ1n) is 13.9. The van der Waals surface area contributed by atoms with E-state index in [0.717, 1.165) is 57.7 Å². The van der Waals surface area contributed by atoms with Crippen molar-refractivity contribution in [2.75, 3.05) is 18.1 Å². The zero-order valence-electron chi connectivity index (χ0n) is 22.5. The molecule has 3 aromatic rings. The SMILES string of the molecule is Cc1cc(OC2CCS(=O)(=O)CC2)cc2c1-c1cc(CCc3ccc([C@H]4C[C@@H]4C(=O)O)c(F)c3)ccc1OCC2. The van der Waals surface area contributed by atoms with E-state index in [1.54, 1.807) is 12.1 Å². The normalized spacial score (nSPS) is 21.4. The van der Waals surface area contributed by atoms with Gasteiger partial charge in [-0.1, -0.05) is 18.2 Å². The van der Waals surface area contributed by atoms with Crippen molar-refractivity contribution in [2.45, 2.75) is 57.5 Å². The number of aryl methyl sites for hydroxylation is 3. The molecule has 210 valence electrons. The zero-order valence-corrected chi connectivity index (χ0v) is 23.3. The predicted octanol–water partition coefficient (Wildman–Crippen LogP) is 5.67. The monoisotopic (exact) mass is 564 g/mol. The predicted molar refractivity (Wildman–Crippen MR) is 150 cm³/mol. The van der Waals surface area contributed by atoms with Crippen LogP contribution < -0.4 is 9.47 Å². The molecule has 40 heavy (non-hydrogen) atoms. The van der Waals surface area contributed by atoms with Gasteiger partial charge in [0.2, 0.25) is 0 Å². The van der Waals surface area contributed by atoms with Crippen molar-refractivity contribution in [3.05, 3.63) is 82.2 Å². The number of halogens is 1. The molecule has 2 heterocycles. The van der Waals surface area contributed by atoms with Gasteiger partial charge in [0.25, 0.3) is 0 Å². The highest BCUT2D eigenvalue weighted by Gasteiger charge is 2.45. The molecule has 0 bridgehead atoms. The third kappa shape index (κ3) is 5.59. The summed E-state index contributed by atoms with van der Waals surface area (Å²) < 4.78 is 50.6. The summed E-state index contributed by atoms with van der Waals surface area (Å²) in [7, 11) is -2.94. The van der Waals surface area contributed by atoms with Crippen LogP contribution in [0.2, 0.25) is 0 Å². The van der Waals surface area contributed by atoms with E-state index in [4.69, 9.17) is 14.6 Å². The van der Waals surface area contributed by atoms with Crippen LogP contribution >= 0.6 is 0 Å². The molecule has 3 aromatic carbocycles. The summed E-state index contributed by atoms with van der Waals surface area (Å²) in [6.45, 7) is 2.62. The largest absolute Gasteiger partial charge is 0.493 e. The van der Waals surface area contributed by atoms with Crippen molar-refractivity contribution in [1.29, 1.82) is 0 Å². The van der Waals surface area contributed by atoms with Crippen molar-refractivity contribution in [3.63, 3.8) is 0 Å². The molecular formula is C32H33FO6S. The zero-order chi connectivity index (χ0) is 28.0. The summed E-state index contributed by atoms with van der Waals surface area (Å²) in [5, 5.41) is 9.16. The highest BCUT2D eigenvalue weighted by Crippen LogP contribution is 2.48. The first kappa shape index (κ1) is 26.8. The fourth-order valence-corrected chi connectivity index (χ4v) is 7.55. The standard InChI is InChI=1S/C32H33FO6S/c1-19-14-24(39-23-9-12-40(36,37)13-10-23)17-22-8-11-38-30-7-5-20(15-28(30)31(19)22)2-3-21-4-6-25(29(33)16-21)26-18-27(26)32(34)35/h4-7,14-17,23,26-27H,2-3,8-13,18H2,1H3,(H,34,35)/t26-,27+/m1/s1. The maximum absolute atomic E-state index is 14.8. The summed E-state index contributed by atoms with van der Waals surface area (Å²) in [5.74, 6) is 0.0896. The van der Waals surface area contributed by atoms with E-state index >= 15 is 0 Å². The minimum absolute atomic E-state index is 0.0938. The van der Waals surface area contributed by atoms with Crippen LogP contribution in [0.15, 0.2) is 48.5 Å². The van der Waals surface area contributed by atoms with E-state index < -0.39 is 21.7 Å². The highest BCUT2D eigenvalue weighted by atomic mass is 32.2. The van der Waals surface area contributed by atoms with Gasteiger partial charge in [0.15, 0.2) is 9.84 Å². The van der Waals surface area contributed by atoms with Crippen molar-refractivity contribution >= 4 is 15.8 Å². The lowest BCUT2D eigenvalue weighted by Crippen LogP contribution is -2.30. The second-order valence-electron chi connectivity index (χ2n) is 11.3. The van der Waals surface area contributed by atoms with Crippen LogP contribution in [0.25, 0.3) is 11.1 Å². The fourth-order valence-electron chi connectivity index (χ4n) is 6.11. The van der Waals surface area contributed by atoms with E-state index in [-0.39, 0.29) is 29.3 Å². The average Bonchev–Trinajstić information content (AvgIpc) is 3.72. The first-order chi connectivity index (χ1) is 19.2. The Morgan fingerprint density at radius 2 is 1.77 bits per heavy atom. The minimum atomic E-state index is -2.94. The molecule has 0 aromatic heterocycles. The summed E-state index contributed by atoms with van der Waals surface area (Å²) in [6.07, 6.45) is 3.58. The van der Waals surface area contributed by atoms with E-state index in [9.17, 15) is 17.6 Å². The number of benzene rings is 3. The third-order valence-electron chi connectivity index (χ3n) is 8.41.